The SMILES string of the molecule is COc1ccc(CN(Cc2ccc(OC)cc2)c2cc(C)cc(-c3c(Cl)cc4c(N5CC6CCC(C5)N6C(=O)OC(C)(C)C)nc(OCC5(CO[Si](C)(C)C(C)(C)C)CC5)nc4c3F)n2)cc1. The summed E-state index contributed by atoms with van der Waals surface area (Å²) in [5, 5.41) is 0.710. The Bertz CT molecular complexity index is 2540. The molecule has 0 N–H and O–H groups in total. The van der Waals surface area contributed by atoms with Gasteiger partial charge in [0, 0.05) is 43.6 Å². The summed E-state index contributed by atoms with van der Waals surface area (Å²) in [7, 11) is 1.29. The highest BCUT2D eigenvalue weighted by Crippen LogP contribution is 2.49. The van der Waals surface area contributed by atoms with Crippen LogP contribution in [0.5, 0.6) is 17.5 Å². The van der Waals surface area contributed by atoms with Crippen LogP contribution in [0.2, 0.25) is 23.2 Å². The molecule has 2 aromatic heterocycles. The molecule has 3 aliphatic rings. The Morgan fingerprint density at radius 2 is 1.43 bits per heavy atom. The zero-order valence-corrected chi connectivity index (χ0v) is 42.7. The van der Waals surface area contributed by atoms with Gasteiger partial charge in [0.15, 0.2) is 14.1 Å². The van der Waals surface area contributed by atoms with Crippen molar-refractivity contribution in [3.05, 3.63) is 94.3 Å². The topological polar surface area (TPSA) is 112 Å². The van der Waals surface area contributed by atoms with Gasteiger partial charge in [-0.3, -0.25) is 4.90 Å². The third-order valence-corrected chi connectivity index (χ3v) is 18.6. The van der Waals surface area contributed by atoms with Crippen molar-refractivity contribution >= 4 is 48.6 Å². The van der Waals surface area contributed by atoms with Crippen LogP contribution in [0, 0.1) is 18.2 Å². The number of nitrogens with zero attached hydrogens (tertiary/aromatic N) is 6. The van der Waals surface area contributed by atoms with Crippen molar-refractivity contribution in [1.82, 2.24) is 19.9 Å². The molecule has 4 heterocycles. The van der Waals surface area contributed by atoms with Gasteiger partial charge in [-0.1, -0.05) is 56.6 Å². The summed E-state index contributed by atoms with van der Waals surface area (Å²) in [4.78, 5) is 34.6. The smallest absolute Gasteiger partial charge is 0.410 e. The van der Waals surface area contributed by atoms with E-state index in [1.54, 1.807) is 20.3 Å². The van der Waals surface area contributed by atoms with E-state index >= 15 is 4.39 Å². The Kier molecular flexibility index (Phi) is 13.5. The molecule has 12 nitrogen and oxygen atoms in total. The van der Waals surface area contributed by atoms with Crippen LogP contribution in [0.25, 0.3) is 22.2 Å². The summed E-state index contributed by atoms with van der Waals surface area (Å²) in [6.07, 6.45) is 3.24. The molecule has 358 valence electrons. The lowest BCUT2D eigenvalue weighted by atomic mass is 10.0. The molecular formula is C52H66ClFN6O6Si. The lowest BCUT2D eigenvalue weighted by Crippen LogP contribution is -2.57. The van der Waals surface area contributed by atoms with Crippen molar-refractivity contribution in [2.45, 2.75) is 123 Å². The molecule has 1 aliphatic carbocycles. The first-order chi connectivity index (χ1) is 31.6. The van der Waals surface area contributed by atoms with Gasteiger partial charge in [0.05, 0.1) is 49.2 Å². The number of anilines is 2. The number of methoxy groups -OCH3 is 2. The number of hydrogen-bond donors (Lipinski definition) is 0. The number of amides is 1. The van der Waals surface area contributed by atoms with Crippen LogP contribution in [-0.4, -0.2) is 92.5 Å². The highest BCUT2D eigenvalue weighted by Gasteiger charge is 2.48. The molecule has 3 aromatic carbocycles. The average Bonchev–Trinajstić information content (AvgIpc) is 4.00. The third kappa shape index (κ3) is 10.8. The second kappa shape index (κ2) is 18.7. The number of fused-ring (bicyclic) bond motifs is 3. The molecule has 15 heteroatoms. The Morgan fingerprint density at radius 1 is 0.851 bits per heavy atom. The first-order valence-corrected chi connectivity index (χ1v) is 26.7. The number of piperazine rings is 1. The van der Waals surface area contributed by atoms with Crippen molar-refractivity contribution in [3.8, 4) is 28.8 Å². The van der Waals surface area contributed by atoms with Crippen LogP contribution in [0.15, 0.2) is 66.7 Å². The fourth-order valence-electron chi connectivity index (χ4n) is 8.72. The number of aryl methyl sites for hydroxylation is 1. The first kappa shape index (κ1) is 48.3. The van der Waals surface area contributed by atoms with E-state index in [-0.39, 0.29) is 50.7 Å². The number of aromatic nitrogens is 3. The number of carbonyl (C=O) groups is 1. The van der Waals surface area contributed by atoms with E-state index in [4.69, 9.17) is 49.9 Å². The zero-order chi connectivity index (χ0) is 48.1. The Balaban J connectivity index is 1.17. The van der Waals surface area contributed by atoms with Gasteiger partial charge in [-0.25, -0.2) is 14.2 Å². The summed E-state index contributed by atoms with van der Waals surface area (Å²) >= 11 is 7.22. The van der Waals surface area contributed by atoms with E-state index < -0.39 is 19.7 Å². The summed E-state index contributed by atoms with van der Waals surface area (Å²) < 4.78 is 47.7. The molecule has 2 unspecified atom stereocenters. The van der Waals surface area contributed by atoms with Crippen LogP contribution >= 0.6 is 11.6 Å². The molecule has 5 aromatic rings. The minimum absolute atomic E-state index is 0.0714. The van der Waals surface area contributed by atoms with Gasteiger partial charge < -0.3 is 33.2 Å². The van der Waals surface area contributed by atoms with Crippen LogP contribution in [0.3, 0.4) is 0 Å². The van der Waals surface area contributed by atoms with Gasteiger partial charge in [-0.2, -0.15) is 9.97 Å². The van der Waals surface area contributed by atoms with Crippen molar-refractivity contribution in [2.75, 3.05) is 50.3 Å². The fraction of sp³-hybridized carbons (Fsp3) is 0.500. The lowest BCUT2D eigenvalue weighted by Gasteiger charge is -2.42. The number of carbonyl (C=O) groups excluding carboxylic acids is 1. The summed E-state index contributed by atoms with van der Waals surface area (Å²) in [5.41, 5.74) is 2.78. The second-order valence-electron chi connectivity index (χ2n) is 21.2. The number of hydrogen-bond acceptors (Lipinski definition) is 11. The summed E-state index contributed by atoms with van der Waals surface area (Å²) in [6, 6.07) is 21.3. The van der Waals surface area contributed by atoms with Crippen molar-refractivity contribution in [3.63, 3.8) is 0 Å². The number of benzene rings is 3. The standard InChI is InChI=1S/C52H66ClFN6O6Si/c1-33-24-42(55-43(25-33)58(27-34-12-18-38(62-8)19-13-34)28-35-14-20-39(63-9)21-15-35)44-41(53)26-40-46(45(44)54)56-48(64-31-52(22-23-52)32-65-67(10,11)51(5,6)7)57-47(40)59-29-36-16-17-37(30-59)60(36)49(61)66-50(2,3)4/h12-15,18-21,24-26,36-37H,16-17,22-23,27-32H2,1-11H3. The number of ether oxygens (including phenoxy) is 4. The van der Waals surface area contributed by atoms with Crippen LogP contribution in [-0.2, 0) is 22.3 Å². The molecule has 0 spiro atoms. The number of halogens is 2. The predicted molar refractivity (Wildman–Crippen MR) is 266 cm³/mol. The molecular weight excluding hydrogens is 887 g/mol. The van der Waals surface area contributed by atoms with Crippen LogP contribution < -0.4 is 24.0 Å². The van der Waals surface area contributed by atoms with Gasteiger partial charge in [-0.15, -0.1) is 0 Å². The van der Waals surface area contributed by atoms with E-state index in [1.807, 2.05) is 93.3 Å². The normalized spacial score (nSPS) is 18.0. The molecule has 2 bridgehead atoms. The average molecular weight is 954 g/mol. The molecule has 1 amide bonds. The van der Waals surface area contributed by atoms with Crippen LogP contribution in [0.1, 0.15) is 83.9 Å². The summed E-state index contributed by atoms with van der Waals surface area (Å²) in [5.74, 6) is 2.08. The van der Waals surface area contributed by atoms with E-state index in [0.29, 0.717) is 62.1 Å². The maximum atomic E-state index is 17.8. The molecule has 2 atom stereocenters. The van der Waals surface area contributed by atoms with Gasteiger partial charge in [0.1, 0.15) is 34.3 Å². The molecule has 3 fully saturated rings. The van der Waals surface area contributed by atoms with Gasteiger partial charge in [-0.05, 0) is 131 Å². The first-order valence-electron chi connectivity index (χ1n) is 23.4. The second-order valence-corrected chi connectivity index (χ2v) is 26.4. The molecule has 2 saturated heterocycles. The largest absolute Gasteiger partial charge is 0.497 e. The predicted octanol–water partition coefficient (Wildman–Crippen LogP) is 11.8. The zero-order valence-electron chi connectivity index (χ0n) is 41.0. The maximum Gasteiger partial charge on any atom is 0.410 e. The third-order valence-electron chi connectivity index (χ3n) is 13.8. The minimum Gasteiger partial charge on any atom is -0.497 e. The molecule has 67 heavy (non-hydrogen) atoms. The van der Waals surface area contributed by atoms with Crippen LogP contribution in [0.4, 0.5) is 20.8 Å². The lowest BCUT2D eigenvalue weighted by molar-refractivity contribution is 0.0122. The highest BCUT2D eigenvalue weighted by atomic mass is 35.5. The Labute approximate surface area is 401 Å². The highest BCUT2D eigenvalue weighted by molar-refractivity contribution is 6.74. The fourth-order valence-corrected chi connectivity index (χ4v) is 10.1. The van der Waals surface area contributed by atoms with Gasteiger partial charge >= 0.3 is 12.1 Å². The van der Waals surface area contributed by atoms with E-state index in [0.717, 1.165) is 53.9 Å². The van der Waals surface area contributed by atoms with E-state index in [2.05, 4.69) is 43.7 Å². The Morgan fingerprint density at radius 3 is 1.96 bits per heavy atom. The van der Waals surface area contributed by atoms with E-state index in [9.17, 15) is 4.79 Å². The monoisotopic (exact) mass is 952 g/mol. The van der Waals surface area contributed by atoms with E-state index in [1.165, 1.54) is 0 Å². The summed E-state index contributed by atoms with van der Waals surface area (Å²) in [6.45, 7) is 21.8. The number of rotatable bonds is 15. The number of pyridine rings is 1. The van der Waals surface area contributed by atoms with Crippen molar-refractivity contribution in [1.29, 1.82) is 0 Å². The Hall–Kier alpha value is -5.18. The van der Waals surface area contributed by atoms with Gasteiger partial charge in [0.2, 0.25) is 0 Å². The molecule has 2 aliphatic heterocycles. The quantitative estimate of drug-likeness (QED) is 0.0935. The minimum atomic E-state index is -2.01. The van der Waals surface area contributed by atoms with Gasteiger partial charge in [0.25, 0.3) is 0 Å². The molecule has 0 radical (unpaired) electrons. The maximum absolute atomic E-state index is 17.8. The van der Waals surface area contributed by atoms with Crippen molar-refractivity contribution in [2.24, 2.45) is 5.41 Å². The molecule has 8 rings (SSSR count). The molecule has 1 saturated carbocycles. The van der Waals surface area contributed by atoms with Crippen molar-refractivity contribution < 1.29 is 32.6 Å².